The minimum Gasteiger partial charge on any atom is -0.309 e. The van der Waals surface area contributed by atoms with Gasteiger partial charge in [-0.2, -0.15) is 0 Å². The maximum absolute atomic E-state index is 5.37. The summed E-state index contributed by atoms with van der Waals surface area (Å²) in [4.78, 5) is 10.6. The van der Waals surface area contributed by atoms with Crippen molar-refractivity contribution >= 4 is 44.5 Å². The van der Waals surface area contributed by atoms with Crippen molar-refractivity contribution in [3.8, 4) is 5.69 Å². The van der Waals surface area contributed by atoms with E-state index >= 15 is 0 Å². The van der Waals surface area contributed by atoms with Crippen LogP contribution < -0.4 is 0 Å². The van der Waals surface area contributed by atoms with E-state index in [0.717, 1.165) is 54.1 Å². The molecule has 0 spiro atoms. The molecule has 1 unspecified atom stereocenters. The van der Waals surface area contributed by atoms with Gasteiger partial charge < -0.3 is 4.57 Å². The van der Waals surface area contributed by atoms with Crippen molar-refractivity contribution in [1.29, 1.82) is 0 Å². The number of para-hydroxylation sites is 2. The van der Waals surface area contributed by atoms with Crippen LogP contribution in [0.15, 0.2) is 191 Å². The second kappa shape index (κ2) is 12.8. The first-order chi connectivity index (χ1) is 25.8. The highest BCUT2D eigenvalue weighted by atomic mass is 15.0. The minimum atomic E-state index is 0.175. The lowest BCUT2D eigenvalue weighted by Gasteiger charge is -2.32. The average molecular weight is 668 g/mol. The molecule has 6 aromatic carbocycles. The lowest BCUT2D eigenvalue weighted by atomic mass is 9.72. The van der Waals surface area contributed by atoms with Gasteiger partial charge in [0.05, 0.1) is 16.7 Å². The summed E-state index contributed by atoms with van der Waals surface area (Å²) in [5.41, 5.74) is 16.3. The van der Waals surface area contributed by atoms with Crippen LogP contribution in [0.5, 0.6) is 0 Å². The second-order valence-corrected chi connectivity index (χ2v) is 14.0. The first kappa shape index (κ1) is 30.5. The van der Waals surface area contributed by atoms with Crippen molar-refractivity contribution in [1.82, 2.24) is 4.57 Å². The van der Waals surface area contributed by atoms with Gasteiger partial charge in [0.15, 0.2) is 5.84 Å². The largest absolute Gasteiger partial charge is 0.309 e. The molecule has 1 aromatic heterocycles. The van der Waals surface area contributed by atoms with Crippen LogP contribution in [0.2, 0.25) is 0 Å². The third-order valence-corrected chi connectivity index (χ3v) is 11.0. The van der Waals surface area contributed by atoms with Crippen molar-refractivity contribution < 1.29 is 0 Å². The summed E-state index contributed by atoms with van der Waals surface area (Å²) in [6.45, 7) is 0. The highest BCUT2D eigenvalue weighted by molar-refractivity contribution is 6.14. The molecule has 0 saturated carbocycles. The Labute approximate surface area is 304 Å². The molecule has 1 aliphatic heterocycles. The Hall–Kier alpha value is -6.32. The average Bonchev–Trinajstić information content (AvgIpc) is 3.38. The zero-order valence-electron chi connectivity index (χ0n) is 28.9. The van der Waals surface area contributed by atoms with Crippen LogP contribution in [0.3, 0.4) is 0 Å². The molecule has 1 atom stereocenters. The fraction of sp³-hybridized carbons (Fsp3) is 0.102. The molecule has 0 N–H and O–H groups in total. The van der Waals surface area contributed by atoms with Crippen molar-refractivity contribution in [3.63, 3.8) is 0 Å². The summed E-state index contributed by atoms with van der Waals surface area (Å²) in [5.74, 6) is 0.963. The summed E-state index contributed by atoms with van der Waals surface area (Å²) in [7, 11) is 0. The van der Waals surface area contributed by atoms with E-state index in [-0.39, 0.29) is 5.92 Å². The number of aliphatic imine (C=N–C) groups is 2. The standard InChI is InChI=1S/C49H37N3/c1-4-14-33(15-5-1)45-27-28-46(51-49(50-45)34-16-6-2-7-17-34)43-32-37-25-24-35(30-42(37)39-20-10-11-21-40(39)43)36-26-29-48-44(31-36)41-22-12-13-23-47(41)52(48)38-18-8-3-9-19-38/h1-23,26,28-31,43H,24-25,27,32H2. The van der Waals surface area contributed by atoms with E-state index in [1.54, 1.807) is 0 Å². The molecule has 3 nitrogen and oxygen atoms in total. The van der Waals surface area contributed by atoms with Crippen LogP contribution in [-0.2, 0) is 0 Å². The Bertz CT molecular complexity index is 2650. The van der Waals surface area contributed by atoms with Gasteiger partial charge in [0, 0.05) is 40.1 Å². The molecule has 0 radical (unpaired) electrons. The fourth-order valence-electron chi connectivity index (χ4n) is 8.49. The molecular weight excluding hydrogens is 631 g/mol. The number of allylic oxidation sites excluding steroid dienone is 6. The van der Waals surface area contributed by atoms with Crippen molar-refractivity contribution in [2.24, 2.45) is 9.98 Å². The van der Waals surface area contributed by atoms with E-state index in [0.29, 0.717) is 0 Å². The van der Waals surface area contributed by atoms with Gasteiger partial charge >= 0.3 is 0 Å². The topological polar surface area (TPSA) is 29.6 Å². The lowest BCUT2D eigenvalue weighted by Crippen LogP contribution is -2.15. The Kier molecular flexibility index (Phi) is 7.49. The monoisotopic (exact) mass is 667 g/mol. The number of hydrogen-bond donors (Lipinski definition) is 0. The molecule has 10 rings (SSSR count). The molecule has 2 aliphatic carbocycles. The lowest BCUT2D eigenvalue weighted by molar-refractivity contribution is 0.720. The Morgan fingerprint density at radius 3 is 2.08 bits per heavy atom. The number of amidine groups is 1. The van der Waals surface area contributed by atoms with Crippen molar-refractivity contribution in [2.75, 3.05) is 0 Å². The second-order valence-electron chi connectivity index (χ2n) is 14.0. The van der Waals surface area contributed by atoms with Gasteiger partial charge in [-0.3, -0.25) is 0 Å². The van der Waals surface area contributed by atoms with Gasteiger partial charge in [-0.15, -0.1) is 0 Å². The van der Waals surface area contributed by atoms with Gasteiger partial charge in [-0.25, -0.2) is 9.98 Å². The van der Waals surface area contributed by atoms with Crippen LogP contribution >= 0.6 is 0 Å². The summed E-state index contributed by atoms with van der Waals surface area (Å²) < 4.78 is 2.39. The van der Waals surface area contributed by atoms with E-state index in [4.69, 9.17) is 9.98 Å². The highest BCUT2D eigenvalue weighted by Crippen LogP contribution is 2.49. The normalized spacial score (nSPS) is 17.1. The Balaban J connectivity index is 1.04. The molecule has 52 heavy (non-hydrogen) atoms. The molecule has 248 valence electrons. The maximum atomic E-state index is 5.37. The quantitative estimate of drug-likeness (QED) is 0.175. The molecule has 3 aliphatic rings. The highest BCUT2D eigenvalue weighted by Gasteiger charge is 2.31. The predicted octanol–water partition coefficient (Wildman–Crippen LogP) is 12.1. The molecule has 0 bridgehead atoms. The third-order valence-electron chi connectivity index (χ3n) is 11.0. The van der Waals surface area contributed by atoms with Crippen molar-refractivity contribution in [3.05, 3.63) is 209 Å². The van der Waals surface area contributed by atoms with Gasteiger partial charge in [-0.05, 0) is 83.0 Å². The van der Waals surface area contributed by atoms with Crippen molar-refractivity contribution in [2.45, 2.75) is 31.6 Å². The Morgan fingerprint density at radius 2 is 1.25 bits per heavy atom. The van der Waals surface area contributed by atoms with Crippen LogP contribution in [-0.4, -0.2) is 16.1 Å². The van der Waals surface area contributed by atoms with Crippen LogP contribution in [0.4, 0.5) is 0 Å². The van der Waals surface area contributed by atoms with E-state index in [9.17, 15) is 0 Å². The Morgan fingerprint density at radius 1 is 0.558 bits per heavy atom. The molecule has 0 amide bonds. The van der Waals surface area contributed by atoms with Crippen LogP contribution in [0, 0.1) is 0 Å². The number of fused-ring (bicyclic) bond motifs is 5. The predicted molar refractivity (Wildman–Crippen MR) is 217 cm³/mol. The van der Waals surface area contributed by atoms with Gasteiger partial charge in [0.1, 0.15) is 0 Å². The SMILES string of the molecule is C1=C(c2ccc3c(c2)c2ccccc2n3-c2ccccc2)CCC2=C1c1ccccc1C(C1=CCC(c3ccccc3)=NC(c3ccccc3)=N1)C2. The smallest absolute Gasteiger partial charge is 0.159 e. The van der Waals surface area contributed by atoms with E-state index in [1.807, 2.05) is 0 Å². The molecule has 7 aromatic rings. The third kappa shape index (κ3) is 5.29. The van der Waals surface area contributed by atoms with E-state index in [1.165, 1.54) is 60.9 Å². The van der Waals surface area contributed by atoms with Crippen LogP contribution in [0.25, 0.3) is 38.6 Å². The van der Waals surface area contributed by atoms with Gasteiger partial charge in [0.2, 0.25) is 0 Å². The first-order valence-corrected chi connectivity index (χ1v) is 18.4. The molecule has 2 heterocycles. The maximum Gasteiger partial charge on any atom is 0.159 e. The fourth-order valence-corrected chi connectivity index (χ4v) is 8.49. The number of aromatic nitrogens is 1. The van der Waals surface area contributed by atoms with Gasteiger partial charge in [-0.1, -0.05) is 145 Å². The summed E-state index contributed by atoms with van der Waals surface area (Å²) >= 11 is 0. The molecule has 3 heteroatoms. The minimum absolute atomic E-state index is 0.175. The number of hydrogen-bond acceptors (Lipinski definition) is 2. The summed E-state index contributed by atoms with van der Waals surface area (Å²) in [6, 6.07) is 56.5. The zero-order chi connectivity index (χ0) is 34.4. The number of rotatable bonds is 5. The summed E-state index contributed by atoms with van der Waals surface area (Å²) in [5, 5.41) is 2.59. The van der Waals surface area contributed by atoms with E-state index < -0.39 is 0 Å². The van der Waals surface area contributed by atoms with Gasteiger partial charge in [0.25, 0.3) is 0 Å². The first-order valence-electron chi connectivity index (χ1n) is 18.4. The molecular formula is C49H37N3. The number of benzene rings is 6. The molecule has 0 saturated heterocycles. The zero-order valence-corrected chi connectivity index (χ0v) is 28.9. The summed E-state index contributed by atoms with van der Waals surface area (Å²) in [6.07, 6.45) is 8.61. The number of nitrogens with zero attached hydrogens (tertiary/aromatic N) is 3. The molecule has 0 fully saturated rings. The van der Waals surface area contributed by atoms with Crippen LogP contribution in [0.1, 0.15) is 59.4 Å². The van der Waals surface area contributed by atoms with E-state index in [2.05, 4.69) is 174 Å².